The van der Waals surface area contributed by atoms with Crippen LogP contribution in [0.5, 0.6) is 0 Å². The van der Waals surface area contributed by atoms with Gasteiger partial charge in [0.2, 0.25) is 5.79 Å². The van der Waals surface area contributed by atoms with Crippen LogP contribution in [0.15, 0.2) is 97.6 Å². The van der Waals surface area contributed by atoms with E-state index in [2.05, 4.69) is 73.8 Å². The summed E-state index contributed by atoms with van der Waals surface area (Å²) in [5.41, 5.74) is 16.4. The largest absolute Gasteiger partial charge is 0.382 e. The minimum absolute atomic E-state index is 0.0315. The molecule has 2 aromatic carbocycles. The molecular formula is C46H59N9O5. The Bertz CT molecular complexity index is 2340. The van der Waals surface area contributed by atoms with Crippen LogP contribution in [0.3, 0.4) is 0 Å². The fourth-order valence-electron chi connectivity index (χ4n) is 9.02. The highest BCUT2D eigenvalue weighted by Gasteiger charge is 2.61. The molecule has 6 atom stereocenters. The number of anilines is 2. The molecule has 5 N–H and O–H groups in total. The minimum atomic E-state index is -1.66. The molecule has 0 radical (unpaired) electrons. The first kappa shape index (κ1) is 44.1. The second-order valence-corrected chi connectivity index (χ2v) is 15.5. The molecule has 4 aromatic heterocycles. The molecule has 14 nitrogen and oxygen atoms in total. The van der Waals surface area contributed by atoms with Crippen molar-refractivity contribution in [2.75, 3.05) is 11.5 Å². The monoisotopic (exact) mass is 817 g/mol. The number of benzene rings is 2. The number of ether oxygens (including phenoxy) is 4. The molecule has 2 saturated heterocycles. The van der Waals surface area contributed by atoms with Crippen LogP contribution in [0.25, 0.3) is 11.0 Å². The van der Waals surface area contributed by atoms with Crippen LogP contribution in [0.2, 0.25) is 0 Å². The van der Waals surface area contributed by atoms with Crippen LogP contribution < -0.4 is 11.5 Å². The van der Waals surface area contributed by atoms with E-state index in [4.69, 9.17) is 35.7 Å². The van der Waals surface area contributed by atoms with Crippen molar-refractivity contribution in [3.63, 3.8) is 0 Å². The highest BCUT2D eigenvalue weighted by molar-refractivity contribution is 5.66. The third kappa shape index (κ3) is 8.33. The number of rotatable bonds is 12. The van der Waals surface area contributed by atoms with E-state index < -0.39 is 17.5 Å². The van der Waals surface area contributed by atoms with Crippen LogP contribution >= 0.6 is 0 Å². The molecule has 6 aromatic rings. The molecule has 0 bridgehead atoms. The topological polar surface area (TPSA) is 193 Å². The van der Waals surface area contributed by atoms with E-state index in [9.17, 15) is 5.11 Å². The van der Waals surface area contributed by atoms with Gasteiger partial charge in [-0.15, -0.1) is 0 Å². The van der Waals surface area contributed by atoms with Crippen molar-refractivity contribution in [3.8, 4) is 6.07 Å². The Morgan fingerprint density at radius 2 is 1.22 bits per heavy atom. The van der Waals surface area contributed by atoms with Gasteiger partial charge in [0.1, 0.15) is 41.6 Å². The van der Waals surface area contributed by atoms with Crippen molar-refractivity contribution in [2.24, 2.45) is 11.8 Å². The van der Waals surface area contributed by atoms with Crippen LogP contribution in [0, 0.1) is 23.2 Å². The van der Waals surface area contributed by atoms with Gasteiger partial charge in [0, 0.05) is 18.8 Å². The molecule has 2 fully saturated rings. The maximum Gasteiger partial charge on any atom is 0.238 e. The van der Waals surface area contributed by atoms with Gasteiger partial charge in [-0.25, -0.2) is 19.0 Å². The zero-order valence-corrected chi connectivity index (χ0v) is 35.7. The average Bonchev–Trinajstić information content (AvgIpc) is 4.03. The normalized spacial score (nSPS) is 24.0. The Morgan fingerprint density at radius 1 is 0.717 bits per heavy atom. The molecule has 318 valence electrons. The summed E-state index contributed by atoms with van der Waals surface area (Å²) in [5, 5.41) is 27.9. The van der Waals surface area contributed by atoms with E-state index in [1.165, 1.54) is 19.6 Å². The minimum Gasteiger partial charge on any atom is -0.382 e. The van der Waals surface area contributed by atoms with Crippen LogP contribution in [-0.2, 0) is 37.9 Å². The van der Waals surface area contributed by atoms with Crippen molar-refractivity contribution in [1.82, 2.24) is 29.2 Å². The Labute approximate surface area is 352 Å². The van der Waals surface area contributed by atoms with Gasteiger partial charge in [0.05, 0.1) is 42.3 Å². The molecule has 8 rings (SSSR count). The van der Waals surface area contributed by atoms with Crippen LogP contribution in [-0.4, -0.2) is 57.7 Å². The molecule has 0 amide bonds. The molecule has 1 unspecified atom stereocenters. The molecule has 14 heteroatoms. The van der Waals surface area contributed by atoms with E-state index in [1.54, 1.807) is 22.7 Å². The van der Waals surface area contributed by atoms with E-state index in [-0.39, 0.29) is 29.6 Å². The van der Waals surface area contributed by atoms with E-state index >= 15 is 0 Å². The van der Waals surface area contributed by atoms with Gasteiger partial charge in [0.25, 0.3) is 0 Å². The third-order valence-corrected chi connectivity index (χ3v) is 12.6. The summed E-state index contributed by atoms with van der Waals surface area (Å²) in [7, 11) is 0. The smallest absolute Gasteiger partial charge is 0.238 e. The van der Waals surface area contributed by atoms with Gasteiger partial charge in [-0.1, -0.05) is 102 Å². The van der Waals surface area contributed by atoms with Gasteiger partial charge in [0.15, 0.2) is 11.6 Å². The molecule has 2 aliphatic heterocycles. The lowest BCUT2D eigenvalue weighted by molar-refractivity contribution is -0.270. The Balaban J connectivity index is 0.000000189. The molecule has 6 heterocycles. The predicted octanol–water partition coefficient (Wildman–Crippen LogP) is 7.96. The van der Waals surface area contributed by atoms with Gasteiger partial charge in [-0.2, -0.15) is 15.5 Å². The van der Waals surface area contributed by atoms with Gasteiger partial charge < -0.3 is 35.5 Å². The molecular weight excluding hydrogens is 759 g/mol. The van der Waals surface area contributed by atoms with Gasteiger partial charge >= 0.3 is 0 Å². The van der Waals surface area contributed by atoms with Crippen LogP contribution in [0.1, 0.15) is 103 Å². The number of nitrogens with two attached hydrogens (primary N) is 2. The number of nitrogen functional groups attached to an aromatic ring is 2. The lowest BCUT2D eigenvalue weighted by Crippen LogP contribution is -2.41. The number of aromatic nitrogens is 6. The molecule has 60 heavy (non-hydrogen) atoms. The summed E-state index contributed by atoms with van der Waals surface area (Å²) < 4.78 is 29.4. The first-order valence-corrected chi connectivity index (χ1v) is 20.8. The summed E-state index contributed by atoms with van der Waals surface area (Å²) in [4.78, 5) is 8.12. The highest BCUT2D eigenvalue weighted by atomic mass is 16.7. The lowest BCUT2D eigenvalue weighted by Gasteiger charge is -2.32. The van der Waals surface area contributed by atoms with Crippen molar-refractivity contribution >= 4 is 22.7 Å². The van der Waals surface area contributed by atoms with Crippen molar-refractivity contribution in [2.45, 2.75) is 123 Å². The fourth-order valence-corrected chi connectivity index (χ4v) is 9.02. The average molecular weight is 818 g/mol. The summed E-state index contributed by atoms with van der Waals surface area (Å²) in [6.07, 6.45) is 5.40. The maximum atomic E-state index is 11.9. The Kier molecular flexibility index (Phi) is 13.9. The predicted molar refractivity (Wildman–Crippen MR) is 230 cm³/mol. The van der Waals surface area contributed by atoms with E-state index in [0.717, 1.165) is 48.0 Å². The molecule has 0 aliphatic carbocycles. The first-order valence-electron chi connectivity index (χ1n) is 20.8. The van der Waals surface area contributed by atoms with Crippen LogP contribution in [0.4, 0.5) is 11.6 Å². The number of nitrogens with zero attached hydrogens (tertiary/aromatic N) is 7. The molecule has 0 spiro atoms. The summed E-state index contributed by atoms with van der Waals surface area (Å²) in [6, 6.07) is 29.5. The fraction of sp³-hybridized carbons (Fsp3) is 0.457. The first-order chi connectivity index (χ1) is 29.0. The Morgan fingerprint density at radius 3 is 1.77 bits per heavy atom. The molecule has 2 aliphatic rings. The standard InChI is InChI=1S/C22H28N4O3.C22H28N4O2.C2H3N/c1-4-21(5-2)15(3)19(28-13-16-9-7-6-8-10-16)22(27,29-21)18-12-11-17-20(23)24-14-25-26(17)18;1-4-22(5-2)15(3)19(27-13-16-9-7-6-8-10-16)20(28-22)17-11-12-18-21(23)24-14-25-26(17)18;1-2-3/h6-12,14-15,19,27H,4-5,13H2,1-3H3,(H2,23,24,25);6-12,14-15,19-20H,4-5,13H2,1-3H3,(H2,23,24,25);1H3/t15-,19+,22?;15-,19+,20-;/m00./s1. The third-order valence-electron chi connectivity index (χ3n) is 12.6. The summed E-state index contributed by atoms with van der Waals surface area (Å²) >= 11 is 0. The van der Waals surface area contributed by atoms with Crippen molar-refractivity contribution in [1.29, 1.82) is 5.26 Å². The number of hydrogen-bond donors (Lipinski definition) is 3. The van der Waals surface area contributed by atoms with E-state index in [0.29, 0.717) is 36.1 Å². The highest BCUT2D eigenvalue weighted by Crippen LogP contribution is 2.52. The van der Waals surface area contributed by atoms with E-state index in [1.807, 2.05) is 65.2 Å². The number of nitriles is 1. The number of fused-ring (bicyclic) bond motifs is 2. The number of aliphatic hydroxyl groups is 1. The van der Waals surface area contributed by atoms with Crippen molar-refractivity contribution in [3.05, 3.63) is 120 Å². The van der Waals surface area contributed by atoms with Gasteiger partial charge in [-0.3, -0.25) is 0 Å². The number of hydrogen-bond acceptors (Lipinski definition) is 12. The second-order valence-electron chi connectivity index (χ2n) is 15.5. The second kappa shape index (κ2) is 18.9. The summed E-state index contributed by atoms with van der Waals surface area (Å²) in [5.74, 6) is -0.629. The quantitative estimate of drug-likeness (QED) is 0.108. The molecule has 0 saturated carbocycles. The zero-order chi connectivity index (χ0) is 43.1. The zero-order valence-electron chi connectivity index (χ0n) is 35.7. The van der Waals surface area contributed by atoms with Crippen molar-refractivity contribution < 1.29 is 24.1 Å². The lowest BCUT2D eigenvalue weighted by atomic mass is 9.81. The Hall–Kier alpha value is -5.43. The van der Waals surface area contributed by atoms with Gasteiger partial charge in [-0.05, 0) is 61.1 Å². The summed E-state index contributed by atoms with van der Waals surface area (Å²) in [6.45, 7) is 15.2. The SMILES string of the molecule is CC#N.CCC1(CC)OC(O)(c2ccc3c(N)ncnn23)[C@H](OCc2ccccc2)[C@@H]1C.CCC1(CC)O[C@@H](c2ccc3c(N)ncnn23)[C@H](OCc2ccccc2)[C@@H]1C. The maximum absolute atomic E-state index is 11.9.